The molecule has 0 N–H and O–H groups in total. The number of carbonyl (C=O) groups is 1. The summed E-state index contributed by atoms with van der Waals surface area (Å²) in [6.07, 6.45) is 6.20. The van der Waals surface area contributed by atoms with Gasteiger partial charge >= 0.3 is 0 Å². The molecule has 0 saturated heterocycles. The maximum atomic E-state index is 13.4. The Kier molecular flexibility index (Phi) is 6.03. The summed E-state index contributed by atoms with van der Waals surface area (Å²) in [6.45, 7) is 2.71. The molecule has 1 aliphatic rings. The third-order valence-corrected chi connectivity index (χ3v) is 6.89. The van der Waals surface area contributed by atoms with Crippen molar-refractivity contribution in [2.75, 3.05) is 20.8 Å². The van der Waals surface area contributed by atoms with E-state index >= 15 is 0 Å². The second-order valence-electron chi connectivity index (χ2n) is 8.76. The number of nitrogens with zero attached hydrogens (tertiary/aromatic N) is 3. The van der Waals surface area contributed by atoms with Crippen LogP contribution in [-0.2, 0) is 18.3 Å². The van der Waals surface area contributed by atoms with Crippen molar-refractivity contribution in [3.8, 4) is 22.8 Å². The van der Waals surface area contributed by atoms with E-state index in [0.717, 1.165) is 45.6 Å². The third-order valence-electron chi connectivity index (χ3n) is 6.89. The lowest BCUT2D eigenvalue weighted by Crippen LogP contribution is -2.37. The zero-order valence-electron chi connectivity index (χ0n) is 20.5. The zero-order chi connectivity index (χ0) is 24.5. The average Bonchev–Trinajstić information content (AvgIpc) is 3.18. The summed E-state index contributed by atoms with van der Waals surface area (Å²) in [4.78, 5) is 19.9. The van der Waals surface area contributed by atoms with E-state index < -0.39 is 0 Å². The van der Waals surface area contributed by atoms with Crippen molar-refractivity contribution in [2.45, 2.75) is 19.4 Å². The van der Waals surface area contributed by atoms with Crippen molar-refractivity contribution in [1.29, 1.82) is 0 Å². The van der Waals surface area contributed by atoms with Gasteiger partial charge in [-0.25, -0.2) is 4.98 Å². The Balaban J connectivity index is 1.50. The summed E-state index contributed by atoms with van der Waals surface area (Å²) in [5, 5.41) is 1.02. The van der Waals surface area contributed by atoms with Crippen LogP contribution in [0.1, 0.15) is 29.7 Å². The number of hydrogen-bond acceptors (Lipinski definition) is 4. The first-order valence-corrected chi connectivity index (χ1v) is 11.8. The monoisotopic (exact) mass is 467 g/mol. The fourth-order valence-electron chi connectivity index (χ4n) is 5.10. The number of amides is 1. The molecule has 0 fully saturated rings. The van der Waals surface area contributed by atoms with E-state index in [1.807, 2.05) is 54.4 Å². The summed E-state index contributed by atoms with van der Waals surface area (Å²) in [5.41, 5.74) is 6.29. The van der Waals surface area contributed by atoms with Gasteiger partial charge in [0, 0.05) is 36.8 Å². The lowest BCUT2D eigenvalue weighted by molar-refractivity contribution is -0.128. The van der Waals surface area contributed by atoms with E-state index in [1.54, 1.807) is 26.5 Å². The molecule has 0 radical (unpaired) electrons. The topological polar surface area (TPSA) is 56.6 Å². The van der Waals surface area contributed by atoms with Crippen LogP contribution in [0.3, 0.4) is 0 Å². The molecule has 0 aliphatic carbocycles. The van der Waals surface area contributed by atoms with Crippen LogP contribution in [0.5, 0.6) is 11.5 Å². The fraction of sp³-hybridized carbons (Fsp3) is 0.241. The standard InChI is InChI=1S/C29H29N3O3/c1-19-24-18-26(35-4)25(34-3)17-21(24)14-16-32(19)27(33)13-12-22-23-11-8-15-30-29(23)31(2)28(22)20-9-6-5-7-10-20/h5-13,15,17-19H,14,16H2,1-4H3. The molecular weight excluding hydrogens is 438 g/mol. The third kappa shape index (κ3) is 3.95. The molecule has 6 heteroatoms. The number of aromatic nitrogens is 2. The Bertz CT molecular complexity index is 1420. The predicted octanol–water partition coefficient (Wildman–Crippen LogP) is 5.42. The van der Waals surface area contributed by atoms with Crippen molar-refractivity contribution in [2.24, 2.45) is 7.05 Å². The maximum absolute atomic E-state index is 13.4. The van der Waals surface area contributed by atoms with Gasteiger partial charge < -0.3 is 18.9 Å². The second-order valence-corrected chi connectivity index (χ2v) is 8.76. The van der Waals surface area contributed by atoms with Crippen molar-refractivity contribution in [1.82, 2.24) is 14.5 Å². The lowest BCUT2D eigenvalue weighted by Gasteiger charge is -2.35. The quantitative estimate of drug-likeness (QED) is 0.368. The number of ether oxygens (including phenoxy) is 2. The molecule has 5 rings (SSSR count). The Morgan fingerprint density at radius 3 is 2.54 bits per heavy atom. The van der Waals surface area contributed by atoms with Crippen LogP contribution in [0.15, 0.2) is 66.9 Å². The van der Waals surface area contributed by atoms with Crippen molar-refractivity contribution >= 4 is 23.0 Å². The summed E-state index contributed by atoms with van der Waals surface area (Å²) in [6, 6.07) is 18.1. The van der Waals surface area contributed by atoms with Crippen molar-refractivity contribution in [3.63, 3.8) is 0 Å². The van der Waals surface area contributed by atoms with Gasteiger partial charge in [0.05, 0.1) is 26.0 Å². The fourth-order valence-corrected chi connectivity index (χ4v) is 5.10. The smallest absolute Gasteiger partial charge is 0.247 e. The average molecular weight is 468 g/mol. The number of benzene rings is 2. The summed E-state index contributed by atoms with van der Waals surface area (Å²) in [7, 11) is 5.29. The molecule has 1 amide bonds. The molecule has 4 aromatic rings. The SMILES string of the molecule is COc1cc2c(cc1OC)C(C)N(C(=O)C=Cc1c(-c3ccccc3)n(C)c3ncccc13)CC2. The van der Waals surface area contributed by atoms with Gasteiger partial charge in [-0.3, -0.25) is 4.79 Å². The number of aryl methyl sites for hydroxylation is 1. The minimum absolute atomic E-state index is 0.0159. The van der Waals surface area contributed by atoms with E-state index in [0.29, 0.717) is 12.3 Å². The Labute approximate surface area is 205 Å². The van der Waals surface area contributed by atoms with Crippen LogP contribution >= 0.6 is 0 Å². The van der Waals surface area contributed by atoms with E-state index in [-0.39, 0.29) is 11.9 Å². The number of methoxy groups -OCH3 is 2. The minimum atomic E-state index is -0.0708. The van der Waals surface area contributed by atoms with Gasteiger partial charge in [0.1, 0.15) is 5.65 Å². The highest BCUT2D eigenvalue weighted by Crippen LogP contribution is 2.38. The normalized spacial score (nSPS) is 15.4. The number of hydrogen-bond donors (Lipinski definition) is 0. The van der Waals surface area contributed by atoms with Gasteiger partial charge in [-0.05, 0) is 60.4 Å². The largest absolute Gasteiger partial charge is 0.493 e. The molecule has 1 aliphatic heterocycles. The van der Waals surface area contributed by atoms with Gasteiger partial charge in [0.25, 0.3) is 0 Å². The highest BCUT2D eigenvalue weighted by atomic mass is 16.5. The number of pyridine rings is 1. The van der Waals surface area contributed by atoms with Crippen LogP contribution in [0, 0.1) is 0 Å². The van der Waals surface area contributed by atoms with Gasteiger partial charge in [-0.15, -0.1) is 0 Å². The summed E-state index contributed by atoms with van der Waals surface area (Å²) >= 11 is 0. The van der Waals surface area contributed by atoms with Gasteiger partial charge in [-0.1, -0.05) is 30.3 Å². The van der Waals surface area contributed by atoms with Crippen LogP contribution < -0.4 is 9.47 Å². The lowest BCUT2D eigenvalue weighted by atomic mass is 9.92. The molecule has 3 heterocycles. The Hall–Kier alpha value is -4.06. The maximum Gasteiger partial charge on any atom is 0.247 e. The van der Waals surface area contributed by atoms with Crippen molar-refractivity contribution in [3.05, 3.63) is 83.6 Å². The summed E-state index contributed by atoms with van der Waals surface area (Å²) in [5.74, 6) is 1.38. The zero-order valence-corrected chi connectivity index (χ0v) is 20.5. The molecule has 0 saturated carbocycles. The van der Waals surface area contributed by atoms with Gasteiger partial charge in [0.2, 0.25) is 5.91 Å². The first-order chi connectivity index (χ1) is 17.0. The predicted molar refractivity (Wildman–Crippen MR) is 139 cm³/mol. The molecule has 1 atom stereocenters. The van der Waals surface area contributed by atoms with Crippen LogP contribution in [-0.4, -0.2) is 41.1 Å². The molecule has 2 aromatic heterocycles. The molecule has 0 spiro atoms. The first-order valence-electron chi connectivity index (χ1n) is 11.8. The molecule has 2 aromatic carbocycles. The number of carbonyl (C=O) groups excluding carboxylic acids is 1. The Morgan fingerprint density at radius 2 is 1.80 bits per heavy atom. The molecule has 35 heavy (non-hydrogen) atoms. The van der Waals surface area contributed by atoms with Gasteiger partial charge in [0.15, 0.2) is 11.5 Å². The van der Waals surface area contributed by atoms with E-state index in [4.69, 9.17) is 9.47 Å². The first kappa shape index (κ1) is 22.7. The number of rotatable bonds is 5. The van der Waals surface area contributed by atoms with E-state index in [9.17, 15) is 4.79 Å². The van der Waals surface area contributed by atoms with Crippen molar-refractivity contribution < 1.29 is 14.3 Å². The van der Waals surface area contributed by atoms with Crippen LogP contribution in [0.4, 0.5) is 0 Å². The number of fused-ring (bicyclic) bond motifs is 2. The molecule has 1 unspecified atom stereocenters. The molecule has 178 valence electrons. The molecule has 6 nitrogen and oxygen atoms in total. The van der Waals surface area contributed by atoms with Crippen LogP contribution in [0.2, 0.25) is 0 Å². The highest BCUT2D eigenvalue weighted by Gasteiger charge is 2.28. The second kappa shape index (κ2) is 9.29. The minimum Gasteiger partial charge on any atom is -0.493 e. The Morgan fingerprint density at radius 1 is 1.06 bits per heavy atom. The highest BCUT2D eigenvalue weighted by molar-refractivity contribution is 6.00. The van der Waals surface area contributed by atoms with E-state index in [1.165, 1.54) is 5.56 Å². The molecule has 0 bridgehead atoms. The van der Waals surface area contributed by atoms with Crippen LogP contribution in [0.25, 0.3) is 28.4 Å². The molecular formula is C29H29N3O3. The summed E-state index contributed by atoms with van der Waals surface area (Å²) < 4.78 is 13.1. The van der Waals surface area contributed by atoms with E-state index in [2.05, 4.69) is 34.7 Å². The van der Waals surface area contributed by atoms with Gasteiger partial charge in [-0.2, -0.15) is 0 Å².